The number of benzene rings is 3. The monoisotopic (exact) mass is 911 g/mol. The molecule has 5 rings (SSSR count). The van der Waals surface area contributed by atoms with Crippen molar-refractivity contribution >= 4 is 41.0 Å². The number of amides is 4. The Balaban J connectivity index is 0.993. The number of aliphatic hydroxyl groups is 1. The molecule has 0 bridgehead atoms. The minimum Gasteiger partial charge on any atom is -0.489 e. The molecule has 4 N–H and O–H groups in total. The Labute approximate surface area is 389 Å². The van der Waals surface area contributed by atoms with Crippen molar-refractivity contribution in [3.63, 3.8) is 0 Å². The SMILES string of the molecule is CCC(=O)c1ccc(CNC(=O)[C@@H]2C[C@@H](O)CN2C(=O)[C@@H](NC(=O)COCCCCCCc2ccc(C(=O)NC3C(C)(C)C(Oc4ccc(C#N)c(Cl)c4)C3(C)C)cc2)C(C)(C)C)cc1. The number of rotatable bonds is 20. The van der Waals surface area contributed by atoms with Gasteiger partial charge in [-0.15, -0.1) is 0 Å². The lowest BCUT2D eigenvalue weighted by Gasteiger charge is -2.63. The topological polar surface area (TPSA) is 187 Å². The van der Waals surface area contributed by atoms with Crippen molar-refractivity contribution in [2.45, 2.75) is 137 Å². The highest BCUT2D eigenvalue weighted by atomic mass is 35.5. The van der Waals surface area contributed by atoms with E-state index in [0.717, 1.165) is 43.2 Å². The zero-order chi connectivity index (χ0) is 47.7. The number of halogens is 1. The molecule has 0 spiro atoms. The van der Waals surface area contributed by atoms with Crippen molar-refractivity contribution in [2.75, 3.05) is 19.8 Å². The molecule has 1 saturated heterocycles. The number of nitrogens with zero attached hydrogens (tertiary/aromatic N) is 2. The van der Waals surface area contributed by atoms with E-state index < -0.39 is 41.3 Å². The Bertz CT molecular complexity index is 2200. The quantitative estimate of drug-likeness (QED) is 0.0665. The Morgan fingerprint density at radius 2 is 1.54 bits per heavy atom. The fourth-order valence-electron chi connectivity index (χ4n) is 9.33. The van der Waals surface area contributed by atoms with Gasteiger partial charge in [0.25, 0.3) is 5.91 Å². The maximum Gasteiger partial charge on any atom is 0.251 e. The predicted octanol–water partition coefficient (Wildman–Crippen LogP) is 7.34. The van der Waals surface area contributed by atoms with E-state index in [1.54, 1.807) is 49.4 Å². The number of carbonyl (C=O) groups is 5. The number of likely N-dealkylation sites (tertiary alicyclic amines) is 1. The third-order valence-electron chi connectivity index (χ3n) is 12.7. The molecule has 1 heterocycles. The molecule has 3 atom stereocenters. The van der Waals surface area contributed by atoms with Gasteiger partial charge in [0.05, 0.1) is 16.7 Å². The first-order valence-corrected chi connectivity index (χ1v) is 23.1. The van der Waals surface area contributed by atoms with Crippen molar-refractivity contribution in [3.8, 4) is 11.8 Å². The zero-order valence-corrected chi connectivity index (χ0v) is 39.8. The Hall–Kier alpha value is -5.29. The molecule has 1 aliphatic heterocycles. The molecule has 350 valence electrons. The minimum atomic E-state index is -0.955. The summed E-state index contributed by atoms with van der Waals surface area (Å²) >= 11 is 6.24. The van der Waals surface area contributed by atoms with Gasteiger partial charge in [0.2, 0.25) is 17.7 Å². The van der Waals surface area contributed by atoms with Gasteiger partial charge in [-0.2, -0.15) is 5.26 Å². The number of ketones is 1. The van der Waals surface area contributed by atoms with Gasteiger partial charge in [0.1, 0.15) is 36.6 Å². The number of hydrogen-bond acceptors (Lipinski definition) is 9. The normalized spacial score (nSPS) is 20.2. The Morgan fingerprint density at radius 3 is 2.15 bits per heavy atom. The molecule has 14 heteroatoms. The summed E-state index contributed by atoms with van der Waals surface area (Å²) < 4.78 is 12.0. The summed E-state index contributed by atoms with van der Waals surface area (Å²) in [6.07, 6.45) is 3.86. The maximum atomic E-state index is 13.9. The van der Waals surface area contributed by atoms with Crippen LogP contribution in [0.25, 0.3) is 0 Å². The number of nitriles is 1. The zero-order valence-electron chi connectivity index (χ0n) is 39.1. The fourth-order valence-corrected chi connectivity index (χ4v) is 9.54. The lowest BCUT2D eigenvalue weighted by Crippen LogP contribution is -2.74. The molecule has 65 heavy (non-hydrogen) atoms. The molecule has 1 saturated carbocycles. The molecule has 4 amide bonds. The molecule has 0 radical (unpaired) electrons. The van der Waals surface area contributed by atoms with Crippen molar-refractivity contribution < 1.29 is 38.6 Å². The maximum absolute atomic E-state index is 13.9. The molecular formula is C51H66ClN5O8. The van der Waals surface area contributed by atoms with Crippen LogP contribution in [0.1, 0.15) is 131 Å². The largest absolute Gasteiger partial charge is 0.489 e. The Morgan fingerprint density at radius 1 is 0.908 bits per heavy atom. The number of carbonyl (C=O) groups excluding carboxylic acids is 5. The number of aliphatic hydroxyl groups excluding tert-OH is 1. The second kappa shape index (κ2) is 21.8. The van der Waals surface area contributed by atoms with E-state index in [1.807, 2.05) is 45.0 Å². The van der Waals surface area contributed by atoms with E-state index in [-0.39, 0.29) is 60.8 Å². The molecule has 0 aromatic heterocycles. The molecule has 3 aromatic rings. The first-order chi connectivity index (χ1) is 30.7. The van der Waals surface area contributed by atoms with Crippen LogP contribution in [0.4, 0.5) is 0 Å². The van der Waals surface area contributed by atoms with Crippen LogP contribution in [0.15, 0.2) is 66.7 Å². The van der Waals surface area contributed by atoms with Crippen molar-refractivity contribution in [3.05, 3.63) is 99.6 Å². The highest BCUT2D eigenvalue weighted by Gasteiger charge is 2.64. The summed E-state index contributed by atoms with van der Waals surface area (Å²) in [5.74, 6) is -0.815. The molecule has 2 fully saturated rings. The molecule has 13 nitrogen and oxygen atoms in total. The minimum absolute atomic E-state index is 0.0257. The number of hydrogen-bond donors (Lipinski definition) is 4. The van der Waals surface area contributed by atoms with Crippen LogP contribution in [0.3, 0.4) is 0 Å². The van der Waals surface area contributed by atoms with Gasteiger partial charge in [0, 0.05) is 66.6 Å². The number of Topliss-reactive ketones (excluding diaryl/α,β-unsaturated/α-hetero) is 1. The van der Waals surface area contributed by atoms with Gasteiger partial charge in [-0.25, -0.2) is 0 Å². The van der Waals surface area contributed by atoms with Gasteiger partial charge in [-0.05, 0) is 60.1 Å². The van der Waals surface area contributed by atoms with Crippen LogP contribution in [-0.2, 0) is 32.1 Å². The molecule has 1 aliphatic carbocycles. The lowest BCUT2D eigenvalue weighted by molar-refractivity contribution is -0.164. The highest BCUT2D eigenvalue weighted by Crippen LogP contribution is 2.55. The van der Waals surface area contributed by atoms with Gasteiger partial charge in [0.15, 0.2) is 5.78 Å². The van der Waals surface area contributed by atoms with E-state index in [2.05, 4.69) is 49.7 Å². The second-order valence-corrected chi connectivity index (χ2v) is 20.1. The van der Waals surface area contributed by atoms with Crippen LogP contribution >= 0.6 is 11.6 Å². The van der Waals surface area contributed by atoms with E-state index >= 15 is 0 Å². The third-order valence-corrected chi connectivity index (χ3v) is 13.0. The fraction of sp³-hybridized carbons (Fsp3) is 0.529. The summed E-state index contributed by atoms with van der Waals surface area (Å²) in [5.41, 5.74) is 2.09. The average Bonchev–Trinajstić information content (AvgIpc) is 3.67. The van der Waals surface area contributed by atoms with Crippen LogP contribution in [0.5, 0.6) is 5.75 Å². The number of nitrogens with one attached hydrogen (secondary N) is 3. The highest BCUT2D eigenvalue weighted by molar-refractivity contribution is 6.31. The van der Waals surface area contributed by atoms with Crippen molar-refractivity contribution in [1.29, 1.82) is 5.26 Å². The number of aryl methyl sites for hydroxylation is 1. The predicted molar refractivity (Wildman–Crippen MR) is 249 cm³/mol. The third kappa shape index (κ3) is 12.7. The van der Waals surface area contributed by atoms with Gasteiger partial charge < -0.3 is 35.4 Å². The Kier molecular flexibility index (Phi) is 17.0. The van der Waals surface area contributed by atoms with E-state index in [0.29, 0.717) is 40.5 Å². The van der Waals surface area contributed by atoms with Crippen LogP contribution < -0.4 is 20.7 Å². The summed E-state index contributed by atoms with van der Waals surface area (Å²) in [6.45, 7) is 15.9. The van der Waals surface area contributed by atoms with Gasteiger partial charge in [-0.3, -0.25) is 24.0 Å². The average molecular weight is 913 g/mol. The van der Waals surface area contributed by atoms with E-state index in [4.69, 9.17) is 21.1 Å². The summed E-state index contributed by atoms with van der Waals surface area (Å²) in [6, 6.07) is 19.8. The van der Waals surface area contributed by atoms with E-state index in [9.17, 15) is 34.3 Å². The molecule has 2 aliphatic rings. The first kappa shape index (κ1) is 50.7. The standard InChI is InChI=1S/C51H66ClN5O8/c1-9-41(59)34-19-17-33(18-20-34)29-54-45(62)40-26-37(58)30-57(40)46(63)43(49(2,3)4)55-42(60)31-64-25-13-11-10-12-14-32-15-21-35(22-16-32)44(61)56-47-50(5,6)48(51(47,7)8)65-38-24-23-36(28-53)39(52)27-38/h15-24,27,37,40,43,47-48,58H,9-14,25-26,29-31H2,1-8H3,(H,54,62)(H,55,60)(H,56,61)/t37-,40+,43-,47?,48?/m1/s1. The van der Waals surface area contributed by atoms with Crippen molar-refractivity contribution in [2.24, 2.45) is 16.2 Å². The summed E-state index contributed by atoms with van der Waals surface area (Å²) in [7, 11) is 0. The van der Waals surface area contributed by atoms with Gasteiger partial charge >= 0.3 is 0 Å². The molecule has 3 aromatic carbocycles. The van der Waals surface area contributed by atoms with Gasteiger partial charge in [-0.1, -0.05) is 116 Å². The molecular weight excluding hydrogens is 846 g/mol. The first-order valence-electron chi connectivity index (χ1n) is 22.7. The van der Waals surface area contributed by atoms with Crippen molar-refractivity contribution in [1.82, 2.24) is 20.9 Å². The van der Waals surface area contributed by atoms with Crippen LogP contribution in [-0.4, -0.2) is 89.5 Å². The smallest absolute Gasteiger partial charge is 0.251 e. The summed E-state index contributed by atoms with van der Waals surface area (Å²) in [5, 5.41) is 29.0. The number of ether oxygens (including phenoxy) is 2. The van der Waals surface area contributed by atoms with Crippen LogP contribution in [0.2, 0.25) is 5.02 Å². The summed E-state index contributed by atoms with van der Waals surface area (Å²) in [4.78, 5) is 66.9. The number of β-amino-alcohol motifs (C(OH)–C–C–N with tert-alkyl or cyclic N) is 1. The molecule has 0 unspecified atom stereocenters. The number of unbranched alkanes of at least 4 members (excludes halogenated alkanes) is 3. The lowest BCUT2D eigenvalue weighted by atomic mass is 9.49. The second-order valence-electron chi connectivity index (χ2n) is 19.7. The van der Waals surface area contributed by atoms with E-state index in [1.165, 1.54) is 4.90 Å². The van der Waals surface area contributed by atoms with Crippen LogP contribution in [0, 0.1) is 27.6 Å².